The molecule has 3 rings (SSSR count). The van der Waals surface area contributed by atoms with Crippen molar-refractivity contribution >= 4 is 29.3 Å². The van der Waals surface area contributed by atoms with Crippen molar-refractivity contribution in [3.8, 4) is 5.69 Å². The van der Waals surface area contributed by atoms with E-state index in [1.54, 1.807) is 18.5 Å². The molecular formula is C13H14N10OS. The highest BCUT2D eigenvalue weighted by Crippen LogP contribution is 2.18. The molecule has 0 bridgehead atoms. The van der Waals surface area contributed by atoms with E-state index >= 15 is 0 Å². The largest absolute Gasteiger partial charge is 0.291 e. The Bertz CT molecular complexity index is 883. The minimum Gasteiger partial charge on any atom is -0.291 e. The molecule has 12 heteroatoms. The summed E-state index contributed by atoms with van der Waals surface area (Å²) in [6.45, 7) is 3.60. The van der Waals surface area contributed by atoms with Gasteiger partial charge in [0, 0.05) is 5.71 Å². The van der Waals surface area contributed by atoms with E-state index in [4.69, 9.17) is 0 Å². The van der Waals surface area contributed by atoms with Crippen LogP contribution in [-0.2, 0) is 4.79 Å². The number of para-hydroxylation sites is 1. The van der Waals surface area contributed by atoms with E-state index < -0.39 is 0 Å². The van der Waals surface area contributed by atoms with Crippen molar-refractivity contribution in [2.75, 3.05) is 11.1 Å². The molecule has 2 heterocycles. The average molecular weight is 358 g/mol. The lowest BCUT2D eigenvalue weighted by Crippen LogP contribution is -2.17. The fourth-order valence-electron chi connectivity index (χ4n) is 1.81. The van der Waals surface area contributed by atoms with Gasteiger partial charge >= 0.3 is 0 Å². The number of carbonyl (C=O) groups is 1. The predicted molar refractivity (Wildman–Crippen MR) is 90.5 cm³/mol. The Hall–Kier alpha value is -3.15. The van der Waals surface area contributed by atoms with Gasteiger partial charge in [0.1, 0.15) is 0 Å². The Kier molecular flexibility index (Phi) is 5.09. The average Bonchev–Trinajstić information content (AvgIpc) is 3.23. The maximum atomic E-state index is 12.1. The van der Waals surface area contributed by atoms with E-state index in [2.05, 4.69) is 41.5 Å². The van der Waals surface area contributed by atoms with E-state index in [1.165, 1.54) is 11.8 Å². The van der Waals surface area contributed by atoms with Gasteiger partial charge in [0.15, 0.2) is 0 Å². The molecule has 0 aliphatic carbocycles. The van der Waals surface area contributed by atoms with Crippen LogP contribution >= 0.6 is 11.8 Å². The van der Waals surface area contributed by atoms with Crippen LogP contribution in [0.15, 0.2) is 40.6 Å². The van der Waals surface area contributed by atoms with Gasteiger partial charge in [0.05, 0.1) is 11.4 Å². The minimum absolute atomic E-state index is 0.0922. The monoisotopic (exact) mass is 358 g/mol. The molecule has 25 heavy (non-hydrogen) atoms. The number of benzene rings is 1. The van der Waals surface area contributed by atoms with Crippen LogP contribution in [0.2, 0.25) is 0 Å². The maximum absolute atomic E-state index is 12.1. The summed E-state index contributed by atoms with van der Waals surface area (Å²) < 4.78 is 1.56. The molecule has 1 amide bonds. The Balaban J connectivity index is 1.64. The number of nitrogens with one attached hydrogen (secondary N) is 1. The highest BCUT2D eigenvalue weighted by molar-refractivity contribution is 7.99. The molecule has 0 spiro atoms. The number of carbonyl (C=O) groups excluding carboxylic acids is 1. The van der Waals surface area contributed by atoms with Gasteiger partial charge in [-0.25, -0.2) is 0 Å². The Morgan fingerprint density at radius 1 is 1.16 bits per heavy atom. The quantitative estimate of drug-likeness (QED) is 0.501. The summed E-state index contributed by atoms with van der Waals surface area (Å²) in [5.74, 6) is -0.0587. The summed E-state index contributed by atoms with van der Waals surface area (Å²) in [6, 6.07) is 9.42. The molecule has 11 nitrogen and oxygen atoms in total. The molecule has 0 aliphatic heterocycles. The third-order valence-electron chi connectivity index (χ3n) is 2.77. The number of anilines is 1. The number of hydrogen-bond donors (Lipinski definition) is 1. The van der Waals surface area contributed by atoms with Gasteiger partial charge in [0.2, 0.25) is 11.1 Å². The van der Waals surface area contributed by atoms with Gasteiger partial charge in [-0.05, 0) is 46.8 Å². The highest BCUT2D eigenvalue weighted by atomic mass is 32.2. The van der Waals surface area contributed by atoms with Crippen molar-refractivity contribution in [2.45, 2.75) is 19.0 Å². The van der Waals surface area contributed by atoms with Gasteiger partial charge in [-0.1, -0.05) is 39.9 Å². The SMILES string of the molecule is CC(C)=Nn1nnnc1NC(=O)CSc1nnnn1-c1ccccc1. The fraction of sp³-hybridized carbons (Fsp3) is 0.231. The second-order valence-corrected chi connectivity index (χ2v) is 5.93. The molecule has 2 aromatic heterocycles. The Labute approximate surface area is 146 Å². The normalized spacial score (nSPS) is 10.5. The van der Waals surface area contributed by atoms with Crippen molar-refractivity contribution in [3.63, 3.8) is 0 Å². The van der Waals surface area contributed by atoms with Gasteiger partial charge in [-0.3, -0.25) is 10.1 Å². The molecule has 0 atom stereocenters. The molecule has 0 saturated heterocycles. The summed E-state index contributed by atoms with van der Waals surface area (Å²) in [4.78, 5) is 13.3. The van der Waals surface area contributed by atoms with Crippen molar-refractivity contribution in [1.29, 1.82) is 0 Å². The van der Waals surface area contributed by atoms with Gasteiger partial charge in [0.25, 0.3) is 5.95 Å². The van der Waals surface area contributed by atoms with Gasteiger partial charge in [-0.15, -0.1) is 5.10 Å². The Morgan fingerprint density at radius 3 is 2.68 bits per heavy atom. The lowest BCUT2D eigenvalue weighted by Gasteiger charge is -2.04. The van der Waals surface area contributed by atoms with Crippen molar-refractivity contribution in [1.82, 2.24) is 40.5 Å². The topological polar surface area (TPSA) is 129 Å². The third-order valence-corrected chi connectivity index (χ3v) is 3.69. The lowest BCUT2D eigenvalue weighted by molar-refractivity contribution is -0.113. The molecule has 3 aromatic rings. The van der Waals surface area contributed by atoms with Crippen LogP contribution in [0.25, 0.3) is 5.69 Å². The van der Waals surface area contributed by atoms with Crippen molar-refractivity contribution < 1.29 is 4.79 Å². The van der Waals surface area contributed by atoms with E-state index in [9.17, 15) is 4.79 Å². The van der Waals surface area contributed by atoms with E-state index in [0.29, 0.717) is 5.16 Å². The summed E-state index contributed by atoms with van der Waals surface area (Å²) in [6.07, 6.45) is 0. The smallest absolute Gasteiger partial charge is 0.272 e. The predicted octanol–water partition coefficient (Wildman–Crippen LogP) is 0.623. The van der Waals surface area contributed by atoms with E-state index in [1.807, 2.05) is 30.3 Å². The summed E-state index contributed by atoms with van der Waals surface area (Å²) in [5.41, 5.74) is 1.56. The van der Waals surface area contributed by atoms with E-state index in [-0.39, 0.29) is 17.6 Å². The number of rotatable bonds is 6. The second-order valence-electron chi connectivity index (χ2n) is 4.98. The zero-order valence-electron chi connectivity index (χ0n) is 13.4. The van der Waals surface area contributed by atoms with Crippen molar-refractivity contribution in [3.05, 3.63) is 30.3 Å². The maximum Gasteiger partial charge on any atom is 0.272 e. The van der Waals surface area contributed by atoms with Crippen LogP contribution in [0.1, 0.15) is 13.8 Å². The first-order chi connectivity index (χ1) is 12.1. The molecule has 0 unspecified atom stereocenters. The van der Waals surface area contributed by atoms with Crippen LogP contribution in [0, 0.1) is 0 Å². The van der Waals surface area contributed by atoms with E-state index in [0.717, 1.165) is 16.2 Å². The zero-order valence-corrected chi connectivity index (χ0v) is 14.3. The summed E-state index contributed by atoms with van der Waals surface area (Å²) >= 11 is 1.20. The molecule has 1 aromatic carbocycles. The fourth-order valence-corrected chi connectivity index (χ4v) is 2.50. The molecule has 0 saturated carbocycles. The molecule has 0 aliphatic rings. The molecule has 0 fully saturated rings. The standard InChI is InChI=1S/C13H14N10OS/c1-9(2)17-23-12(15-18-21-23)14-11(24)8-25-13-16-19-20-22(13)10-6-4-3-5-7-10/h3-7H,8H2,1-2H3,(H,14,15,21,24). The summed E-state index contributed by atoms with van der Waals surface area (Å²) in [5, 5.41) is 29.6. The van der Waals surface area contributed by atoms with Crippen LogP contribution in [0.3, 0.4) is 0 Å². The third kappa shape index (κ3) is 4.23. The number of tetrazole rings is 2. The first-order valence-corrected chi connectivity index (χ1v) is 8.19. The first kappa shape index (κ1) is 16.7. The molecule has 0 radical (unpaired) electrons. The lowest BCUT2D eigenvalue weighted by atomic mass is 10.3. The van der Waals surface area contributed by atoms with Gasteiger partial charge in [-0.2, -0.15) is 9.78 Å². The second kappa shape index (κ2) is 7.61. The number of aromatic nitrogens is 8. The minimum atomic E-state index is -0.299. The van der Waals surface area contributed by atoms with Crippen LogP contribution < -0.4 is 5.32 Å². The van der Waals surface area contributed by atoms with Crippen molar-refractivity contribution in [2.24, 2.45) is 5.10 Å². The molecule has 128 valence electrons. The molecular weight excluding hydrogens is 344 g/mol. The first-order valence-electron chi connectivity index (χ1n) is 7.20. The van der Waals surface area contributed by atoms with Gasteiger partial charge < -0.3 is 0 Å². The Morgan fingerprint density at radius 2 is 1.92 bits per heavy atom. The number of amides is 1. The van der Waals surface area contributed by atoms with Crippen LogP contribution in [0.5, 0.6) is 0 Å². The highest BCUT2D eigenvalue weighted by Gasteiger charge is 2.14. The molecule has 1 N–H and O–H groups in total. The summed E-state index contributed by atoms with van der Waals surface area (Å²) in [7, 11) is 0. The zero-order chi connectivity index (χ0) is 17.6. The number of hydrogen-bond acceptors (Lipinski definition) is 9. The van der Waals surface area contributed by atoms with Crippen LogP contribution in [0.4, 0.5) is 5.95 Å². The number of thioether (sulfide) groups is 1. The number of nitrogens with zero attached hydrogens (tertiary/aromatic N) is 9. The van der Waals surface area contributed by atoms with Crippen LogP contribution in [-0.4, -0.2) is 57.9 Å².